The summed E-state index contributed by atoms with van der Waals surface area (Å²) in [5, 5.41) is 9.01. The molecule has 0 radical (unpaired) electrons. The zero-order valence-corrected chi connectivity index (χ0v) is 5.93. The van der Waals surface area contributed by atoms with Gasteiger partial charge in [0.05, 0.1) is 6.10 Å². The molecule has 0 aromatic rings. The maximum absolute atomic E-state index is 9.01. The standard InChI is InChI=1S/C6H7BrO/c7-5-3-1-2-4-6(5)8/h1-3,6,8H,4H2. The van der Waals surface area contributed by atoms with Crippen molar-refractivity contribution >= 4 is 15.9 Å². The maximum Gasteiger partial charge on any atom is 0.0888 e. The number of aliphatic hydroxyl groups excluding tert-OH is 1. The van der Waals surface area contributed by atoms with E-state index in [2.05, 4.69) is 15.9 Å². The highest BCUT2D eigenvalue weighted by Gasteiger charge is 2.06. The minimum absolute atomic E-state index is 0.306. The fourth-order valence-electron chi connectivity index (χ4n) is 0.591. The fraction of sp³-hybridized carbons (Fsp3) is 0.333. The van der Waals surface area contributed by atoms with Gasteiger partial charge in [-0.2, -0.15) is 0 Å². The summed E-state index contributed by atoms with van der Waals surface area (Å²) < 4.78 is 0.875. The summed E-state index contributed by atoms with van der Waals surface area (Å²) in [6.45, 7) is 0. The van der Waals surface area contributed by atoms with E-state index >= 15 is 0 Å². The first-order valence-corrected chi connectivity index (χ1v) is 3.30. The topological polar surface area (TPSA) is 20.2 Å². The van der Waals surface area contributed by atoms with Crippen molar-refractivity contribution in [3.8, 4) is 0 Å². The first-order valence-electron chi connectivity index (χ1n) is 2.51. The van der Waals surface area contributed by atoms with Gasteiger partial charge in [-0.3, -0.25) is 0 Å². The average Bonchev–Trinajstić information content (AvgIpc) is 1.77. The van der Waals surface area contributed by atoms with Crippen LogP contribution in [0.15, 0.2) is 22.7 Å². The number of hydrogen-bond donors (Lipinski definition) is 1. The molecule has 0 spiro atoms. The van der Waals surface area contributed by atoms with Gasteiger partial charge < -0.3 is 5.11 Å². The second kappa shape index (κ2) is 2.46. The summed E-state index contributed by atoms with van der Waals surface area (Å²) in [4.78, 5) is 0. The van der Waals surface area contributed by atoms with Gasteiger partial charge in [0, 0.05) is 4.48 Å². The molecule has 0 amide bonds. The molecule has 1 rings (SSSR count). The van der Waals surface area contributed by atoms with Gasteiger partial charge in [-0.15, -0.1) is 0 Å². The van der Waals surface area contributed by atoms with Gasteiger partial charge in [0.25, 0.3) is 0 Å². The van der Waals surface area contributed by atoms with Crippen molar-refractivity contribution in [2.45, 2.75) is 12.5 Å². The van der Waals surface area contributed by atoms with Crippen LogP contribution in [0.2, 0.25) is 0 Å². The minimum atomic E-state index is -0.306. The Labute approximate surface area is 56.8 Å². The van der Waals surface area contributed by atoms with Crippen LogP contribution in [0.1, 0.15) is 6.42 Å². The molecule has 0 saturated carbocycles. The Kier molecular flexibility index (Phi) is 1.86. The zero-order valence-electron chi connectivity index (χ0n) is 4.34. The van der Waals surface area contributed by atoms with Crippen LogP contribution in [0.4, 0.5) is 0 Å². The van der Waals surface area contributed by atoms with Gasteiger partial charge in [-0.05, 0) is 12.5 Å². The van der Waals surface area contributed by atoms with Gasteiger partial charge in [0.15, 0.2) is 0 Å². The molecule has 0 heterocycles. The smallest absolute Gasteiger partial charge is 0.0888 e. The van der Waals surface area contributed by atoms with E-state index in [1.54, 1.807) is 0 Å². The molecule has 0 aromatic heterocycles. The van der Waals surface area contributed by atoms with Crippen LogP contribution in [0.25, 0.3) is 0 Å². The SMILES string of the molecule is OC1CC=CC=C1Br. The van der Waals surface area contributed by atoms with E-state index in [4.69, 9.17) is 5.11 Å². The van der Waals surface area contributed by atoms with Crippen molar-refractivity contribution in [3.05, 3.63) is 22.7 Å². The van der Waals surface area contributed by atoms with Gasteiger partial charge in [-0.1, -0.05) is 28.1 Å². The molecule has 8 heavy (non-hydrogen) atoms. The molecule has 0 saturated heterocycles. The Bertz CT molecular complexity index is 137. The first-order chi connectivity index (χ1) is 3.80. The second-order valence-electron chi connectivity index (χ2n) is 1.73. The lowest BCUT2D eigenvalue weighted by molar-refractivity contribution is 0.222. The van der Waals surface area contributed by atoms with Crippen molar-refractivity contribution in [2.75, 3.05) is 0 Å². The van der Waals surface area contributed by atoms with Crippen LogP contribution in [-0.2, 0) is 0 Å². The molecule has 0 fully saturated rings. The zero-order chi connectivity index (χ0) is 5.98. The van der Waals surface area contributed by atoms with Gasteiger partial charge in [-0.25, -0.2) is 0 Å². The molecule has 1 aliphatic rings. The van der Waals surface area contributed by atoms with Crippen LogP contribution in [0, 0.1) is 0 Å². The number of halogens is 1. The lowest BCUT2D eigenvalue weighted by atomic mass is 10.1. The van der Waals surface area contributed by atoms with Gasteiger partial charge in [0.2, 0.25) is 0 Å². The molecule has 1 aliphatic carbocycles. The number of allylic oxidation sites excluding steroid dienone is 2. The third kappa shape index (κ3) is 1.20. The van der Waals surface area contributed by atoms with Crippen molar-refractivity contribution in [3.63, 3.8) is 0 Å². The van der Waals surface area contributed by atoms with E-state index in [0.717, 1.165) is 10.9 Å². The van der Waals surface area contributed by atoms with Crippen LogP contribution in [0.3, 0.4) is 0 Å². The lowest BCUT2D eigenvalue weighted by Gasteiger charge is -2.08. The third-order valence-electron chi connectivity index (χ3n) is 1.07. The highest BCUT2D eigenvalue weighted by molar-refractivity contribution is 9.11. The molecule has 2 heteroatoms. The van der Waals surface area contributed by atoms with Crippen LogP contribution in [-0.4, -0.2) is 11.2 Å². The van der Waals surface area contributed by atoms with Crippen molar-refractivity contribution in [2.24, 2.45) is 0 Å². The summed E-state index contributed by atoms with van der Waals surface area (Å²) in [7, 11) is 0. The van der Waals surface area contributed by atoms with Crippen LogP contribution >= 0.6 is 15.9 Å². The van der Waals surface area contributed by atoms with Gasteiger partial charge >= 0.3 is 0 Å². The number of aliphatic hydroxyl groups is 1. The molecule has 1 N–H and O–H groups in total. The van der Waals surface area contributed by atoms with E-state index in [-0.39, 0.29) is 6.10 Å². The highest BCUT2D eigenvalue weighted by atomic mass is 79.9. The summed E-state index contributed by atoms with van der Waals surface area (Å²) in [6, 6.07) is 0. The molecule has 0 aliphatic heterocycles. The maximum atomic E-state index is 9.01. The number of hydrogen-bond acceptors (Lipinski definition) is 1. The second-order valence-corrected chi connectivity index (χ2v) is 2.65. The molecule has 0 bridgehead atoms. The van der Waals surface area contributed by atoms with E-state index in [0.29, 0.717) is 0 Å². The van der Waals surface area contributed by atoms with Crippen molar-refractivity contribution in [1.82, 2.24) is 0 Å². The van der Waals surface area contributed by atoms with Gasteiger partial charge in [0.1, 0.15) is 0 Å². The predicted octanol–water partition coefficient (Wildman–Crippen LogP) is 1.59. The summed E-state index contributed by atoms with van der Waals surface area (Å²) in [5.41, 5.74) is 0. The molecular weight excluding hydrogens is 168 g/mol. The van der Waals surface area contributed by atoms with E-state index in [1.165, 1.54) is 0 Å². The fourth-order valence-corrected chi connectivity index (χ4v) is 0.931. The Balaban J connectivity index is 2.66. The largest absolute Gasteiger partial charge is 0.388 e. The Morgan fingerprint density at radius 1 is 1.75 bits per heavy atom. The van der Waals surface area contributed by atoms with E-state index < -0.39 is 0 Å². The monoisotopic (exact) mass is 174 g/mol. The summed E-state index contributed by atoms with van der Waals surface area (Å²) in [6.07, 6.45) is 6.15. The van der Waals surface area contributed by atoms with E-state index in [1.807, 2.05) is 18.2 Å². The first kappa shape index (κ1) is 6.05. The molecular formula is C6H7BrO. The molecule has 44 valence electrons. The molecule has 1 nitrogen and oxygen atoms in total. The van der Waals surface area contributed by atoms with Crippen LogP contribution < -0.4 is 0 Å². The summed E-state index contributed by atoms with van der Waals surface area (Å²) in [5.74, 6) is 0. The normalized spacial score (nSPS) is 27.8. The summed E-state index contributed by atoms with van der Waals surface area (Å²) >= 11 is 3.21. The van der Waals surface area contributed by atoms with Crippen molar-refractivity contribution in [1.29, 1.82) is 0 Å². The highest BCUT2D eigenvalue weighted by Crippen LogP contribution is 2.17. The minimum Gasteiger partial charge on any atom is -0.388 e. The number of rotatable bonds is 0. The average molecular weight is 175 g/mol. The lowest BCUT2D eigenvalue weighted by Crippen LogP contribution is -2.05. The quantitative estimate of drug-likeness (QED) is 0.592. The van der Waals surface area contributed by atoms with Crippen molar-refractivity contribution < 1.29 is 5.11 Å². The Morgan fingerprint density at radius 3 is 2.88 bits per heavy atom. The molecule has 1 unspecified atom stereocenters. The van der Waals surface area contributed by atoms with E-state index in [9.17, 15) is 0 Å². The Morgan fingerprint density at radius 2 is 2.50 bits per heavy atom. The van der Waals surface area contributed by atoms with Crippen LogP contribution in [0.5, 0.6) is 0 Å². The predicted molar refractivity (Wildman–Crippen MR) is 36.8 cm³/mol. The molecule has 0 aromatic carbocycles. The third-order valence-corrected chi connectivity index (χ3v) is 1.86. The molecule has 1 atom stereocenters. The Hall–Kier alpha value is -0.0800.